The molecule has 0 saturated carbocycles. The van der Waals surface area contributed by atoms with Gasteiger partial charge < -0.3 is 14.1 Å². The molecule has 3 heterocycles. The van der Waals surface area contributed by atoms with Crippen LogP contribution in [0.2, 0.25) is 0 Å². The summed E-state index contributed by atoms with van der Waals surface area (Å²) in [6.45, 7) is 0.403. The lowest BCUT2D eigenvalue weighted by Crippen LogP contribution is -2.45. The highest BCUT2D eigenvalue weighted by atomic mass is 32.2. The predicted molar refractivity (Wildman–Crippen MR) is 148 cm³/mol. The summed E-state index contributed by atoms with van der Waals surface area (Å²) in [7, 11) is -2.67. The Bertz CT molecular complexity index is 1550. The molecule has 0 fully saturated rings. The van der Waals surface area contributed by atoms with Crippen LogP contribution in [0.5, 0.6) is 5.75 Å². The van der Waals surface area contributed by atoms with Crippen molar-refractivity contribution >= 4 is 38.9 Å². The Labute approximate surface area is 229 Å². The van der Waals surface area contributed by atoms with Gasteiger partial charge in [0, 0.05) is 16.5 Å². The summed E-state index contributed by atoms with van der Waals surface area (Å²) in [4.78, 5) is 32.2. The number of carbonyl (C=O) groups is 2. The number of benzene rings is 1. The number of methoxy groups -OCH3 is 1. The van der Waals surface area contributed by atoms with Gasteiger partial charge in [-0.05, 0) is 47.4 Å². The number of nitrogens with zero attached hydrogens (tertiary/aromatic N) is 2. The van der Waals surface area contributed by atoms with Crippen LogP contribution >= 0.6 is 11.3 Å². The molecule has 1 unspecified atom stereocenters. The average molecular weight is 564 g/mol. The van der Waals surface area contributed by atoms with Gasteiger partial charge in [0.05, 0.1) is 32.2 Å². The van der Waals surface area contributed by atoms with Crippen molar-refractivity contribution in [1.29, 1.82) is 0 Å². The number of para-hydroxylation sites is 1. The lowest BCUT2D eigenvalue weighted by atomic mass is 10.0. The van der Waals surface area contributed by atoms with E-state index in [1.165, 1.54) is 55.1 Å². The number of dihydropyridines is 1. The highest BCUT2D eigenvalue weighted by Gasteiger charge is 2.36. The van der Waals surface area contributed by atoms with Gasteiger partial charge in [-0.2, -0.15) is 4.72 Å². The summed E-state index contributed by atoms with van der Waals surface area (Å²) in [5.74, 6) is 0.0569. The molecule has 11 heteroatoms. The van der Waals surface area contributed by atoms with Crippen molar-refractivity contribution in [3.8, 4) is 5.75 Å². The van der Waals surface area contributed by atoms with Gasteiger partial charge in [0.15, 0.2) is 0 Å². The number of furan rings is 1. The first-order chi connectivity index (χ1) is 18.8. The number of amides is 2. The normalized spacial score (nSPS) is 17.3. The number of carbonyl (C=O) groups excluding carboxylic acids is 2. The highest BCUT2D eigenvalue weighted by Crippen LogP contribution is 2.30. The molecular weight excluding hydrogens is 538 g/mol. The first kappa shape index (κ1) is 26.5. The van der Waals surface area contributed by atoms with Crippen molar-refractivity contribution in [2.24, 2.45) is 4.99 Å². The minimum atomic E-state index is -4.13. The van der Waals surface area contributed by atoms with E-state index in [0.29, 0.717) is 28.4 Å². The zero-order valence-corrected chi connectivity index (χ0v) is 22.5. The number of allylic oxidation sites excluding steroid dienone is 3. The summed E-state index contributed by atoms with van der Waals surface area (Å²) in [6, 6.07) is 12.8. The number of hydrogen-bond donors (Lipinski definition) is 1. The van der Waals surface area contributed by atoms with Crippen LogP contribution in [0.25, 0.3) is 0 Å². The standard InChI is InChI=1S/C28H25N3O6S2/c1-36-25-9-3-2-8-23(25)27(28(33)31(17-20-6-4-14-37-20)18-21-7-5-15-38-21)30-39(34,35)22-11-12-24-19(16-22)10-13-26(32)29-24/h2-16,22,27,30H,17-18H2,1H3/t22?,27-/m1/s1. The van der Waals surface area contributed by atoms with Crippen LogP contribution in [0.1, 0.15) is 22.2 Å². The van der Waals surface area contributed by atoms with E-state index in [-0.39, 0.29) is 13.1 Å². The van der Waals surface area contributed by atoms with Gasteiger partial charge in [-0.1, -0.05) is 36.4 Å². The Hall–Kier alpha value is -4.06. The Kier molecular flexibility index (Phi) is 7.73. The molecule has 1 aliphatic carbocycles. The molecular formula is C28H25N3O6S2. The van der Waals surface area contributed by atoms with Crippen molar-refractivity contribution in [2.45, 2.75) is 24.4 Å². The number of ether oxygens (including phenoxy) is 1. The summed E-state index contributed by atoms with van der Waals surface area (Å²) in [5.41, 5.74) is 1.29. The monoisotopic (exact) mass is 563 g/mol. The highest BCUT2D eigenvalue weighted by molar-refractivity contribution is 7.90. The van der Waals surface area contributed by atoms with E-state index in [4.69, 9.17) is 9.15 Å². The largest absolute Gasteiger partial charge is 0.496 e. The molecule has 0 spiro atoms. The van der Waals surface area contributed by atoms with Crippen molar-refractivity contribution in [2.75, 3.05) is 7.11 Å². The maximum atomic E-state index is 14.2. The van der Waals surface area contributed by atoms with E-state index in [1.807, 2.05) is 17.5 Å². The molecule has 2 aliphatic rings. The van der Waals surface area contributed by atoms with Crippen molar-refractivity contribution in [3.63, 3.8) is 0 Å². The molecule has 2 amide bonds. The van der Waals surface area contributed by atoms with Crippen LogP contribution < -0.4 is 9.46 Å². The third-order valence-electron chi connectivity index (χ3n) is 6.22. The predicted octanol–water partition coefficient (Wildman–Crippen LogP) is 3.94. The zero-order chi connectivity index (χ0) is 27.4. The third kappa shape index (κ3) is 6.00. The average Bonchev–Trinajstić information content (AvgIpc) is 3.65. The Morgan fingerprint density at radius 3 is 2.72 bits per heavy atom. The molecule has 39 heavy (non-hydrogen) atoms. The Morgan fingerprint density at radius 1 is 1.13 bits per heavy atom. The quantitative estimate of drug-likeness (QED) is 0.399. The SMILES string of the molecule is COc1ccccc1[C@@H](NS(=O)(=O)C1C=CC2=NC(=O)C=CC2=C1)C(=O)N(Cc1ccco1)Cc1cccs1. The number of sulfonamides is 1. The number of aliphatic imine (C=N–C) groups is 1. The topological polar surface area (TPSA) is 118 Å². The third-order valence-corrected chi connectivity index (χ3v) is 8.66. The fourth-order valence-electron chi connectivity index (χ4n) is 4.32. The first-order valence-electron chi connectivity index (χ1n) is 12.0. The number of rotatable bonds is 10. The van der Waals surface area contributed by atoms with Gasteiger partial charge in [0.2, 0.25) is 15.9 Å². The molecule has 5 rings (SSSR count). The second-order valence-corrected chi connectivity index (χ2v) is 11.7. The fourth-order valence-corrected chi connectivity index (χ4v) is 6.37. The lowest BCUT2D eigenvalue weighted by molar-refractivity contribution is -0.134. The summed E-state index contributed by atoms with van der Waals surface area (Å²) < 4.78 is 41.1. The maximum Gasteiger partial charge on any atom is 0.270 e. The van der Waals surface area contributed by atoms with E-state index < -0.39 is 33.1 Å². The minimum absolute atomic E-state index is 0.142. The number of hydrogen-bond acceptors (Lipinski definition) is 7. The number of thiophene rings is 1. The molecule has 2 atom stereocenters. The molecule has 1 aromatic carbocycles. The van der Waals surface area contributed by atoms with Crippen molar-refractivity contribution in [1.82, 2.24) is 9.62 Å². The Morgan fingerprint density at radius 2 is 1.97 bits per heavy atom. The maximum absolute atomic E-state index is 14.2. The molecule has 0 radical (unpaired) electrons. The molecule has 0 saturated heterocycles. The van der Waals surface area contributed by atoms with Gasteiger partial charge in [-0.3, -0.25) is 9.59 Å². The van der Waals surface area contributed by atoms with Crippen LogP contribution in [0.15, 0.2) is 106 Å². The summed E-state index contributed by atoms with van der Waals surface area (Å²) in [6.07, 6.45) is 8.78. The van der Waals surface area contributed by atoms with E-state index in [2.05, 4.69) is 9.71 Å². The van der Waals surface area contributed by atoms with Crippen LogP contribution in [-0.2, 0) is 32.7 Å². The van der Waals surface area contributed by atoms with Crippen LogP contribution in [0.3, 0.4) is 0 Å². The van der Waals surface area contributed by atoms with Gasteiger partial charge in [0.1, 0.15) is 22.8 Å². The second-order valence-electron chi connectivity index (χ2n) is 8.81. The summed E-state index contributed by atoms with van der Waals surface area (Å²) in [5, 5.41) is 0.823. The molecule has 9 nitrogen and oxygen atoms in total. The van der Waals surface area contributed by atoms with E-state index in [0.717, 1.165) is 4.88 Å². The molecule has 3 aromatic rings. The smallest absolute Gasteiger partial charge is 0.270 e. The number of nitrogens with one attached hydrogen (secondary N) is 1. The van der Waals surface area contributed by atoms with Crippen LogP contribution in [-0.4, -0.2) is 43.2 Å². The van der Waals surface area contributed by atoms with Crippen LogP contribution in [0, 0.1) is 0 Å². The molecule has 0 bridgehead atoms. The number of fused-ring (bicyclic) bond motifs is 1. The van der Waals surface area contributed by atoms with Gasteiger partial charge in [-0.15, -0.1) is 11.3 Å². The van der Waals surface area contributed by atoms with Gasteiger partial charge in [0.25, 0.3) is 5.91 Å². The first-order valence-corrected chi connectivity index (χ1v) is 14.5. The van der Waals surface area contributed by atoms with Crippen molar-refractivity contribution < 1.29 is 27.2 Å². The van der Waals surface area contributed by atoms with Gasteiger partial charge in [-0.25, -0.2) is 13.4 Å². The molecule has 200 valence electrons. The molecule has 1 aliphatic heterocycles. The minimum Gasteiger partial charge on any atom is -0.496 e. The van der Waals surface area contributed by atoms with E-state index in [1.54, 1.807) is 41.3 Å². The fraction of sp³-hybridized carbons (Fsp3) is 0.179. The Balaban J connectivity index is 1.50. The van der Waals surface area contributed by atoms with Crippen LogP contribution in [0.4, 0.5) is 0 Å². The van der Waals surface area contributed by atoms with Gasteiger partial charge >= 0.3 is 0 Å². The van der Waals surface area contributed by atoms with Crippen molar-refractivity contribution in [3.05, 3.63) is 112 Å². The summed E-state index contributed by atoms with van der Waals surface area (Å²) >= 11 is 1.50. The lowest BCUT2D eigenvalue weighted by Gasteiger charge is -2.29. The van der Waals surface area contributed by atoms with E-state index in [9.17, 15) is 18.0 Å². The second kappa shape index (κ2) is 11.4. The molecule has 2 aromatic heterocycles. The van der Waals surface area contributed by atoms with E-state index >= 15 is 0 Å². The zero-order valence-electron chi connectivity index (χ0n) is 20.9. The molecule has 1 N–H and O–H groups in total.